The monoisotopic (exact) mass is 218 g/mol. The Morgan fingerprint density at radius 2 is 2.25 bits per heavy atom. The van der Waals surface area contributed by atoms with E-state index >= 15 is 0 Å². The maximum atomic E-state index is 10.5. The average molecular weight is 218 g/mol. The third-order valence-corrected chi connectivity index (χ3v) is 3.41. The second kappa shape index (κ2) is 3.51. The van der Waals surface area contributed by atoms with Crippen molar-refractivity contribution in [3.63, 3.8) is 0 Å². The van der Waals surface area contributed by atoms with Crippen molar-refractivity contribution in [2.24, 2.45) is 0 Å². The summed E-state index contributed by atoms with van der Waals surface area (Å²) in [5.41, 5.74) is 2.03. The Kier molecular flexibility index (Phi) is 2.13. The Balaban J connectivity index is 1.94. The standard InChI is InChI=1S/C13H14O3/c14-9-16-13(5-6-13)11-3-4-12-10(8-11)2-1-7-15-12/h3-4,8-9H,1-2,5-7H2. The summed E-state index contributed by atoms with van der Waals surface area (Å²) in [4.78, 5) is 10.5. The van der Waals surface area contributed by atoms with Crippen LogP contribution in [0.3, 0.4) is 0 Å². The van der Waals surface area contributed by atoms with Crippen molar-refractivity contribution in [1.29, 1.82) is 0 Å². The number of carbonyl (C=O) groups is 1. The molecular weight excluding hydrogens is 204 g/mol. The van der Waals surface area contributed by atoms with E-state index in [1.165, 1.54) is 5.56 Å². The lowest BCUT2D eigenvalue weighted by atomic mass is 9.99. The average Bonchev–Trinajstić information content (AvgIpc) is 3.10. The van der Waals surface area contributed by atoms with Gasteiger partial charge in [-0.3, -0.25) is 4.79 Å². The minimum atomic E-state index is -0.325. The molecule has 0 amide bonds. The fraction of sp³-hybridized carbons (Fsp3) is 0.462. The molecule has 1 aliphatic carbocycles. The minimum Gasteiger partial charge on any atom is -0.493 e. The summed E-state index contributed by atoms with van der Waals surface area (Å²) in [5.74, 6) is 0.983. The van der Waals surface area contributed by atoms with Gasteiger partial charge < -0.3 is 9.47 Å². The van der Waals surface area contributed by atoms with Crippen molar-refractivity contribution >= 4 is 6.47 Å². The van der Waals surface area contributed by atoms with Gasteiger partial charge in [0.2, 0.25) is 0 Å². The Labute approximate surface area is 94.4 Å². The van der Waals surface area contributed by atoms with Crippen molar-refractivity contribution in [2.75, 3.05) is 6.61 Å². The number of ether oxygens (including phenoxy) is 2. The van der Waals surface area contributed by atoms with E-state index in [4.69, 9.17) is 9.47 Å². The van der Waals surface area contributed by atoms with Gasteiger partial charge >= 0.3 is 0 Å². The number of fused-ring (bicyclic) bond motifs is 1. The molecule has 0 N–H and O–H groups in total. The van der Waals surface area contributed by atoms with Gasteiger partial charge in [0, 0.05) is 0 Å². The van der Waals surface area contributed by atoms with Gasteiger partial charge in [0.1, 0.15) is 11.4 Å². The zero-order valence-corrected chi connectivity index (χ0v) is 9.07. The van der Waals surface area contributed by atoms with Crippen molar-refractivity contribution in [2.45, 2.75) is 31.3 Å². The Morgan fingerprint density at radius 3 is 3.00 bits per heavy atom. The van der Waals surface area contributed by atoms with Crippen LogP contribution in [-0.4, -0.2) is 13.1 Å². The van der Waals surface area contributed by atoms with Gasteiger partial charge in [-0.15, -0.1) is 0 Å². The fourth-order valence-electron chi connectivity index (χ4n) is 2.32. The normalized spacial score (nSPS) is 20.5. The van der Waals surface area contributed by atoms with Gasteiger partial charge in [0.05, 0.1) is 6.61 Å². The van der Waals surface area contributed by atoms with Crippen LogP contribution in [0.15, 0.2) is 18.2 Å². The van der Waals surface area contributed by atoms with Crippen molar-refractivity contribution < 1.29 is 14.3 Å². The van der Waals surface area contributed by atoms with Gasteiger partial charge in [-0.2, -0.15) is 0 Å². The van der Waals surface area contributed by atoms with E-state index in [9.17, 15) is 4.79 Å². The van der Waals surface area contributed by atoms with Crippen molar-refractivity contribution in [1.82, 2.24) is 0 Å². The molecule has 3 rings (SSSR count). The number of aryl methyl sites for hydroxylation is 1. The zero-order valence-electron chi connectivity index (χ0n) is 9.07. The lowest BCUT2D eigenvalue weighted by molar-refractivity contribution is -0.136. The molecule has 0 saturated heterocycles. The van der Waals surface area contributed by atoms with Crippen LogP contribution >= 0.6 is 0 Å². The maximum absolute atomic E-state index is 10.5. The van der Waals surface area contributed by atoms with Crippen LogP contribution < -0.4 is 4.74 Å². The lowest BCUT2D eigenvalue weighted by Crippen LogP contribution is -2.13. The maximum Gasteiger partial charge on any atom is 0.293 e. The van der Waals surface area contributed by atoms with Crippen LogP contribution in [-0.2, 0) is 21.6 Å². The van der Waals surface area contributed by atoms with E-state index in [1.807, 2.05) is 12.1 Å². The topological polar surface area (TPSA) is 35.5 Å². The summed E-state index contributed by atoms with van der Waals surface area (Å²) in [5, 5.41) is 0. The fourth-order valence-corrected chi connectivity index (χ4v) is 2.32. The summed E-state index contributed by atoms with van der Waals surface area (Å²) < 4.78 is 10.8. The van der Waals surface area contributed by atoms with Crippen LogP contribution in [0.25, 0.3) is 0 Å². The van der Waals surface area contributed by atoms with Gasteiger partial charge in [-0.05, 0) is 48.9 Å². The summed E-state index contributed by atoms with van der Waals surface area (Å²) in [6.07, 6.45) is 4.00. The molecule has 3 nitrogen and oxygen atoms in total. The van der Waals surface area contributed by atoms with Crippen LogP contribution in [0.1, 0.15) is 30.4 Å². The smallest absolute Gasteiger partial charge is 0.293 e. The highest BCUT2D eigenvalue weighted by molar-refractivity contribution is 5.46. The lowest BCUT2D eigenvalue weighted by Gasteiger charge is -2.20. The predicted octanol–water partition coefficient (Wildman–Crippen LogP) is 2.17. The molecule has 3 heteroatoms. The molecule has 2 aliphatic rings. The Hall–Kier alpha value is -1.51. The van der Waals surface area contributed by atoms with E-state index in [-0.39, 0.29) is 5.60 Å². The predicted molar refractivity (Wildman–Crippen MR) is 58.3 cm³/mol. The van der Waals surface area contributed by atoms with E-state index in [2.05, 4.69) is 6.07 Å². The van der Waals surface area contributed by atoms with Crippen LogP contribution in [0, 0.1) is 0 Å². The second-order valence-corrected chi connectivity index (χ2v) is 4.48. The van der Waals surface area contributed by atoms with Crippen LogP contribution in [0.2, 0.25) is 0 Å². The molecule has 0 atom stereocenters. The van der Waals surface area contributed by atoms with Crippen LogP contribution in [0.5, 0.6) is 5.75 Å². The minimum absolute atomic E-state index is 0.325. The SMILES string of the molecule is O=COC1(c2ccc3c(c2)CCCO3)CC1. The Morgan fingerprint density at radius 1 is 1.38 bits per heavy atom. The van der Waals surface area contributed by atoms with Crippen LogP contribution in [0.4, 0.5) is 0 Å². The molecule has 1 saturated carbocycles. The van der Waals surface area contributed by atoms with Crippen molar-refractivity contribution in [3.8, 4) is 5.75 Å². The molecule has 1 aromatic rings. The molecule has 1 aromatic carbocycles. The van der Waals surface area contributed by atoms with E-state index in [0.717, 1.165) is 43.6 Å². The number of rotatable bonds is 3. The molecule has 16 heavy (non-hydrogen) atoms. The molecule has 1 heterocycles. The first kappa shape index (κ1) is 9.70. The van der Waals surface area contributed by atoms with E-state index in [1.54, 1.807) is 0 Å². The quantitative estimate of drug-likeness (QED) is 0.729. The molecule has 1 aliphatic heterocycles. The van der Waals surface area contributed by atoms with Gasteiger partial charge in [0.15, 0.2) is 0 Å². The molecular formula is C13H14O3. The highest BCUT2D eigenvalue weighted by atomic mass is 16.5. The highest BCUT2D eigenvalue weighted by Gasteiger charge is 2.47. The number of hydrogen-bond donors (Lipinski definition) is 0. The number of hydrogen-bond acceptors (Lipinski definition) is 3. The molecule has 0 spiro atoms. The number of benzene rings is 1. The summed E-state index contributed by atoms with van der Waals surface area (Å²) in [6.45, 7) is 1.37. The van der Waals surface area contributed by atoms with Crippen molar-refractivity contribution in [3.05, 3.63) is 29.3 Å². The summed E-state index contributed by atoms with van der Waals surface area (Å²) in [6, 6.07) is 6.14. The van der Waals surface area contributed by atoms with Gasteiger partial charge in [-0.25, -0.2) is 0 Å². The zero-order chi connectivity index (χ0) is 11.0. The summed E-state index contributed by atoms with van der Waals surface area (Å²) in [7, 11) is 0. The first-order valence-electron chi connectivity index (χ1n) is 5.72. The van der Waals surface area contributed by atoms with E-state index in [0.29, 0.717) is 6.47 Å². The summed E-state index contributed by atoms with van der Waals surface area (Å²) >= 11 is 0. The molecule has 0 radical (unpaired) electrons. The third-order valence-electron chi connectivity index (χ3n) is 3.41. The molecule has 84 valence electrons. The highest BCUT2D eigenvalue weighted by Crippen LogP contribution is 2.49. The van der Waals surface area contributed by atoms with E-state index < -0.39 is 0 Å². The largest absolute Gasteiger partial charge is 0.493 e. The van der Waals surface area contributed by atoms with Gasteiger partial charge in [-0.1, -0.05) is 6.07 Å². The second-order valence-electron chi connectivity index (χ2n) is 4.48. The van der Waals surface area contributed by atoms with Gasteiger partial charge in [0.25, 0.3) is 6.47 Å². The Bertz CT molecular complexity index is 421. The molecule has 0 bridgehead atoms. The first-order chi connectivity index (χ1) is 7.84. The molecule has 0 aromatic heterocycles. The third kappa shape index (κ3) is 1.47. The molecule has 1 fully saturated rings. The molecule has 0 unspecified atom stereocenters. The number of carbonyl (C=O) groups excluding carboxylic acids is 1. The first-order valence-corrected chi connectivity index (χ1v) is 5.72.